The summed E-state index contributed by atoms with van der Waals surface area (Å²) in [7, 11) is 3.18. The number of anilines is 2. The summed E-state index contributed by atoms with van der Waals surface area (Å²) < 4.78 is 10.6. The van der Waals surface area contributed by atoms with E-state index in [0.29, 0.717) is 36.4 Å². The van der Waals surface area contributed by atoms with Crippen LogP contribution in [0.5, 0.6) is 11.5 Å². The Labute approximate surface area is 187 Å². The van der Waals surface area contributed by atoms with Crippen molar-refractivity contribution in [3.05, 3.63) is 77.6 Å². The van der Waals surface area contributed by atoms with Gasteiger partial charge in [0.1, 0.15) is 0 Å². The topological polar surface area (TPSA) is 80.8 Å². The van der Waals surface area contributed by atoms with Crippen molar-refractivity contribution < 1.29 is 19.1 Å². The Hall–Kier alpha value is -3.87. The molecule has 0 radical (unpaired) electrons. The number of rotatable bonds is 7. The third kappa shape index (κ3) is 4.56. The van der Waals surface area contributed by atoms with Crippen molar-refractivity contribution in [1.29, 1.82) is 0 Å². The van der Waals surface area contributed by atoms with Gasteiger partial charge in [-0.05, 0) is 66.4 Å². The summed E-state index contributed by atoms with van der Waals surface area (Å²) in [4.78, 5) is 31.0. The number of ether oxygens (including phenoxy) is 2. The fourth-order valence-electron chi connectivity index (χ4n) is 3.85. The molecular formula is C25H25N3O4. The van der Waals surface area contributed by atoms with Gasteiger partial charge < -0.3 is 19.7 Å². The van der Waals surface area contributed by atoms with E-state index >= 15 is 0 Å². The van der Waals surface area contributed by atoms with Crippen LogP contribution >= 0.6 is 0 Å². The lowest BCUT2D eigenvalue weighted by molar-refractivity contribution is -0.116. The van der Waals surface area contributed by atoms with Crippen LogP contribution in [0.25, 0.3) is 0 Å². The summed E-state index contributed by atoms with van der Waals surface area (Å²) >= 11 is 0. The molecule has 32 heavy (non-hydrogen) atoms. The standard InChI is InChI=1S/C25H25N3O4/c1-31-22-9-5-17(14-23(22)32-2)6-10-24(29)27-20-7-8-21-18(15-20)11-13-28(21)25(30)19-4-3-12-26-16-19/h3-5,7-9,12,14-16H,6,10-11,13H2,1-2H3,(H,27,29). The number of hydrogen-bond donors (Lipinski definition) is 1. The fraction of sp³-hybridized carbons (Fsp3) is 0.240. The van der Waals surface area contributed by atoms with Crippen molar-refractivity contribution in [3.63, 3.8) is 0 Å². The van der Waals surface area contributed by atoms with Gasteiger partial charge in [-0.15, -0.1) is 0 Å². The number of pyridine rings is 1. The van der Waals surface area contributed by atoms with Crippen molar-refractivity contribution in [2.75, 3.05) is 31.0 Å². The molecule has 1 aromatic heterocycles. The molecule has 0 saturated heterocycles. The second kappa shape index (κ2) is 9.51. The van der Waals surface area contributed by atoms with Crippen molar-refractivity contribution in [2.45, 2.75) is 19.3 Å². The number of carbonyl (C=O) groups excluding carboxylic acids is 2. The van der Waals surface area contributed by atoms with E-state index in [1.807, 2.05) is 36.4 Å². The molecule has 1 aliphatic heterocycles. The van der Waals surface area contributed by atoms with Crippen molar-refractivity contribution in [1.82, 2.24) is 4.98 Å². The molecule has 2 heterocycles. The highest BCUT2D eigenvalue weighted by atomic mass is 16.5. The Morgan fingerprint density at radius 3 is 2.66 bits per heavy atom. The lowest BCUT2D eigenvalue weighted by atomic mass is 10.1. The van der Waals surface area contributed by atoms with E-state index in [1.54, 1.807) is 43.6 Å². The molecule has 0 saturated carbocycles. The molecule has 7 heteroatoms. The van der Waals surface area contributed by atoms with E-state index in [-0.39, 0.29) is 11.8 Å². The lowest BCUT2D eigenvalue weighted by Crippen LogP contribution is -2.28. The fourth-order valence-corrected chi connectivity index (χ4v) is 3.85. The van der Waals surface area contributed by atoms with E-state index in [1.165, 1.54) is 0 Å². The molecule has 164 valence electrons. The van der Waals surface area contributed by atoms with Crippen molar-refractivity contribution in [2.24, 2.45) is 0 Å². The minimum Gasteiger partial charge on any atom is -0.493 e. The van der Waals surface area contributed by atoms with Gasteiger partial charge >= 0.3 is 0 Å². The number of amides is 2. The molecule has 0 unspecified atom stereocenters. The maximum absolute atomic E-state index is 12.8. The van der Waals surface area contributed by atoms with Crippen LogP contribution in [0.2, 0.25) is 0 Å². The van der Waals surface area contributed by atoms with Gasteiger partial charge in [0.2, 0.25) is 5.91 Å². The number of aromatic nitrogens is 1. The van der Waals surface area contributed by atoms with Gasteiger partial charge in [-0.1, -0.05) is 6.07 Å². The number of hydrogen-bond acceptors (Lipinski definition) is 5. The average molecular weight is 431 g/mol. The highest BCUT2D eigenvalue weighted by Gasteiger charge is 2.26. The zero-order valence-corrected chi connectivity index (χ0v) is 18.1. The number of fused-ring (bicyclic) bond motifs is 1. The normalized spacial score (nSPS) is 12.2. The predicted octanol–water partition coefficient (Wildman–Crippen LogP) is 3.87. The van der Waals surface area contributed by atoms with E-state index < -0.39 is 0 Å². The Bertz CT molecular complexity index is 1130. The Balaban J connectivity index is 1.38. The Morgan fingerprint density at radius 2 is 1.91 bits per heavy atom. The second-order valence-corrected chi connectivity index (χ2v) is 7.53. The third-order valence-electron chi connectivity index (χ3n) is 5.50. The van der Waals surface area contributed by atoms with Gasteiger partial charge in [0.25, 0.3) is 5.91 Å². The van der Waals surface area contributed by atoms with Gasteiger partial charge in [-0.2, -0.15) is 0 Å². The zero-order chi connectivity index (χ0) is 22.5. The van der Waals surface area contributed by atoms with Crippen molar-refractivity contribution in [3.8, 4) is 11.5 Å². The summed E-state index contributed by atoms with van der Waals surface area (Å²) in [6.07, 6.45) is 4.90. The molecular weight excluding hydrogens is 406 g/mol. The summed E-state index contributed by atoms with van der Waals surface area (Å²) in [6.45, 7) is 0.611. The Morgan fingerprint density at radius 1 is 1.06 bits per heavy atom. The molecule has 0 bridgehead atoms. The summed E-state index contributed by atoms with van der Waals surface area (Å²) in [5.74, 6) is 1.17. The maximum Gasteiger partial charge on any atom is 0.259 e. The maximum atomic E-state index is 12.8. The first-order valence-corrected chi connectivity index (χ1v) is 10.4. The highest BCUT2D eigenvalue weighted by Crippen LogP contribution is 2.32. The van der Waals surface area contributed by atoms with Crippen LogP contribution in [0.4, 0.5) is 11.4 Å². The van der Waals surface area contributed by atoms with E-state index in [4.69, 9.17) is 9.47 Å². The number of carbonyl (C=O) groups is 2. The van der Waals surface area contributed by atoms with Crippen LogP contribution in [0.15, 0.2) is 60.9 Å². The SMILES string of the molecule is COc1ccc(CCC(=O)Nc2ccc3c(c2)CCN3C(=O)c2cccnc2)cc1OC. The molecule has 1 aliphatic rings. The highest BCUT2D eigenvalue weighted by molar-refractivity contribution is 6.07. The number of benzene rings is 2. The van der Waals surface area contributed by atoms with Gasteiger partial charge in [-0.25, -0.2) is 0 Å². The monoisotopic (exact) mass is 431 g/mol. The average Bonchev–Trinajstić information content (AvgIpc) is 3.25. The number of nitrogens with zero attached hydrogens (tertiary/aromatic N) is 2. The molecule has 0 atom stereocenters. The quantitative estimate of drug-likeness (QED) is 0.614. The third-order valence-corrected chi connectivity index (χ3v) is 5.50. The largest absolute Gasteiger partial charge is 0.493 e. The summed E-state index contributed by atoms with van der Waals surface area (Å²) in [5.41, 5.74) is 4.21. The summed E-state index contributed by atoms with van der Waals surface area (Å²) in [5, 5.41) is 2.96. The predicted molar refractivity (Wildman–Crippen MR) is 123 cm³/mol. The van der Waals surface area contributed by atoms with Crippen LogP contribution in [0.1, 0.15) is 27.9 Å². The first-order valence-electron chi connectivity index (χ1n) is 10.4. The molecule has 0 spiro atoms. The van der Waals surface area contributed by atoms with Crippen LogP contribution in [-0.4, -0.2) is 37.6 Å². The number of aryl methyl sites for hydroxylation is 1. The first kappa shape index (κ1) is 21.4. The van der Waals surface area contributed by atoms with Gasteiger partial charge in [-0.3, -0.25) is 14.6 Å². The van der Waals surface area contributed by atoms with Gasteiger partial charge in [0.15, 0.2) is 11.5 Å². The molecule has 4 rings (SSSR count). The summed E-state index contributed by atoms with van der Waals surface area (Å²) in [6, 6.07) is 14.8. The molecule has 0 aliphatic carbocycles. The zero-order valence-electron chi connectivity index (χ0n) is 18.1. The minimum atomic E-state index is -0.0685. The van der Waals surface area contributed by atoms with Gasteiger partial charge in [0.05, 0.1) is 19.8 Å². The molecule has 2 amide bonds. The van der Waals surface area contributed by atoms with E-state index in [2.05, 4.69) is 10.3 Å². The number of methoxy groups -OCH3 is 2. The molecule has 3 aromatic rings. The van der Waals surface area contributed by atoms with Crippen LogP contribution in [0, 0.1) is 0 Å². The lowest BCUT2D eigenvalue weighted by Gasteiger charge is -2.17. The molecule has 2 aromatic carbocycles. The molecule has 0 fully saturated rings. The Kier molecular flexibility index (Phi) is 6.35. The molecule has 1 N–H and O–H groups in total. The van der Waals surface area contributed by atoms with E-state index in [9.17, 15) is 9.59 Å². The van der Waals surface area contributed by atoms with Crippen LogP contribution in [-0.2, 0) is 17.6 Å². The van der Waals surface area contributed by atoms with Gasteiger partial charge in [0, 0.05) is 36.7 Å². The smallest absolute Gasteiger partial charge is 0.259 e. The van der Waals surface area contributed by atoms with E-state index in [0.717, 1.165) is 28.9 Å². The van der Waals surface area contributed by atoms with Crippen LogP contribution in [0.3, 0.4) is 0 Å². The van der Waals surface area contributed by atoms with Crippen molar-refractivity contribution >= 4 is 23.2 Å². The first-order chi connectivity index (χ1) is 15.6. The number of nitrogens with one attached hydrogen (secondary N) is 1. The second-order valence-electron chi connectivity index (χ2n) is 7.53. The molecule has 7 nitrogen and oxygen atoms in total. The van der Waals surface area contributed by atoms with Crippen LogP contribution < -0.4 is 19.7 Å². The minimum absolute atomic E-state index is 0.0662.